The second-order valence-electron chi connectivity index (χ2n) is 5.58. The second kappa shape index (κ2) is 7.53. The predicted molar refractivity (Wildman–Crippen MR) is 93.7 cm³/mol. The Morgan fingerprint density at radius 3 is 2.88 bits per heavy atom. The number of rotatable bonds is 5. The van der Waals surface area contributed by atoms with E-state index in [4.69, 9.17) is 0 Å². The fourth-order valence-electron chi connectivity index (χ4n) is 2.59. The van der Waals surface area contributed by atoms with Crippen molar-refractivity contribution < 1.29 is 9.59 Å². The van der Waals surface area contributed by atoms with Crippen molar-refractivity contribution in [2.24, 2.45) is 0 Å². The standard InChI is InChI=1S/C17H20N4O2S/c1-2-16(22)20-12-24-11-15(20)17(23)18-8-13-9-19-21(10-13)14-6-4-3-5-7-14/h3-7,9-10,15H,2,8,11-12H2,1H3,(H,18,23)/t15-/m1/s1. The maximum atomic E-state index is 12.4. The van der Waals surface area contributed by atoms with Gasteiger partial charge < -0.3 is 10.2 Å². The number of nitrogens with one attached hydrogen (secondary N) is 1. The Hall–Kier alpha value is -2.28. The van der Waals surface area contributed by atoms with Crippen LogP contribution in [0, 0.1) is 0 Å². The summed E-state index contributed by atoms with van der Waals surface area (Å²) in [5.74, 6) is 1.17. The third-order valence-electron chi connectivity index (χ3n) is 3.93. The molecule has 0 radical (unpaired) electrons. The first-order valence-electron chi connectivity index (χ1n) is 7.93. The Morgan fingerprint density at radius 1 is 1.33 bits per heavy atom. The van der Waals surface area contributed by atoms with Crippen LogP contribution in [0.3, 0.4) is 0 Å². The molecule has 0 bridgehead atoms. The molecule has 0 saturated carbocycles. The number of hydrogen-bond acceptors (Lipinski definition) is 4. The van der Waals surface area contributed by atoms with Gasteiger partial charge in [0, 0.05) is 30.5 Å². The lowest BCUT2D eigenvalue weighted by Crippen LogP contribution is -2.46. The van der Waals surface area contributed by atoms with E-state index in [1.165, 1.54) is 0 Å². The van der Waals surface area contributed by atoms with Crippen molar-refractivity contribution in [2.45, 2.75) is 25.9 Å². The normalized spacial score (nSPS) is 17.0. The van der Waals surface area contributed by atoms with E-state index in [0.29, 0.717) is 24.6 Å². The van der Waals surface area contributed by atoms with Crippen LogP contribution < -0.4 is 5.32 Å². The van der Waals surface area contributed by atoms with E-state index in [1.807, 2.05) is 43.5 Å². The summed E-state index contributed by atoms with van der Waals surface area (Å²) in [4.78, 5) is 25.9. The third-order valence-corrected chi connectivity index (χ3v) is 4.94. The largest absolute Gasteiger partial charge is 0.350 e. The average molecular weight is 344 g/mol. The minimum atomic E-state index is -0.369. The molecule has 0 spiro atoms. The van der Waals surface area contributed by atoms with Gasteiger partial charge in [-0.05, 0) is 12.1 Å². The fourth-order valence-corrected chi connectivity index (χ4v) is 3.77. The van der Waals surface area contributed by atoms with Crippen LogP contribution in [-0.4, -0.2) is 44.2 Å². The molecule has 1 atom stereocenters. The van der Waals surface area contributed by atoms with Gasteiger partial charge in [0.05, 0.1) is 17.8 Å². The summed E-state index contributed by atoms with van der Waals surface area (Å²) < 4.78 is 1.78. The highest BCUT2D eigenvalue weighted by Gasteiger charge is 2.33. The van der Waals surface area contributed by atoms with Gasteiger partial charge in [-0.25, -0.2) is 4.68 Å². The minimum absolute atomic E-state index is 0.0250. The van der Waals surface area contributed by atoms with Gasteiger partial charge in [0.15, 0.2) is 0 Å². The topological polar surface area (TPSA) is 67.2 Å². The lowest BCUT2D eigenvalue weighted by atomic mass is 10.2. The number of aromatic nitrogens is 2. The highest BCUT2D eigenvalue weighted by Crippen LogP contribution is 2.21. The number of benzene rings is 1. The van der Waals surface area contributed by atoms with Crippen LogP contribution in [0.1, 0.15) is 18.9 Å². The van der Waals surface area contributed by atoms with Gasteiger partial charge >= 0.3 is 0 Å². The number of carbonyl (C=O) groups is 2. The van der Waals surface area contributed by atoms with Gasteiger partial charge in [0.25, 0.3) is 0 Å². The molecule has 2 heterocycles. The summed E-state index contributed by atoms with van der Waals surface area (Å²) in [6, 6.07) is 9.44. The van der Waals surface area contributed by atoms with E-state index in [-0.39, 0.29) is 17.9 Å². The molecule has 1 aromatic heterocycles. The highest BCUT2D eigenvalue weighted by atomic mass is 32.2. The van der Waals surface area contributed by atoms with Gasteiger partial charge in [0.1, 0.15) is 6.04 Å². The summed E-state index contributed by atoms with van der Waals surface area (Å²) in [5, 5.41) is 7.23. The Morgan fingerprint density at radius 2 is 2.12 bits per heavy atom. The van der Waals surface area contributed by atoms with Crippen molar-refractivity contribution in [1.82, 2.24) is 20.0 Å². The van der Waals surface area contributed by atoms with Crippen LogP contribution in [0.25, 0.3) is 5.69 Å². The SMILES string of the molecule is CCC(=O)N1CSC[C@@H]1C(=O)NCc1cnn(-c2ccccc2)c1. The molecule has 2 aromatic rings. The molecule has 1 aliphatic heterocycles. The lowest BCUT2D eigenvalue weighted by Gasteiger charge is -2.22. The first-order chi connectivity index (χ1) is 11.7. The quantitative estimate of drug-likeness (QED) is 0.898. The number of hydrogen-bond donors (Lipinski definition) is 1. The molecule has 6 nitrogen and oxygen atoms in total. The molecule has 126 valence electrons. The fraction of sp³-hybridized carbons (Fsp3) is 0.353. The van der Waals surface area contributed by atoms with E-state index in [9.17, 15) is 9.59 Å². The second-order valence-corrected chi connectivity index (χ2v) is 6.58. The summed E-state index contributed by atoms with van der Waals surface area (Å²) in [5.41, 5.74) is 1.90. The number of carbonyl (C=O) groups excluding carboxylic acids is 2. The molecule has 1 saturated heterocycles. The van der Waals surface area contributed by atoms with E-state index < -0.39 is 0 Å². The van der Waals surface area contributed by atoms with Gasteiger partial charge in [-0.15, -0.1) is 11.8 Å². The van der Waals surface area contributed by atoms with Crippen LogP contribution in [0.2, 0.25) is 0 Å². The predicted octanol–water partition coefficient (Wildman–Crippen LogP) is 1.80. The minimum Gasteiger partial charge on any atom is -0.350 e. The monoisotopic (exact) mass is 344 g/mol. The zero-order valence-electron chi connectivity index (χ0n) is 13.5. The first kappa shape index (κ1) is 16.6. The zero-order chi connectivity index (χ0) is 16.9. The van der Waals surface area contributed by atoms with Crippen LogP contribution in [-0.2, 0) is 16.1 Å². The summed E-state index contributed by atoms with van der Waals surface area (Å²) in [6.07, 6.45) is 4.06. The first-order valence-corrected chi connectivity index (χ1v) is 9.08. The molecule has 1 aliphatic rings. The molecule has 0 unspecified atom stereocenters. The summed E-state index contributed by atoms with van der Waals surface area (Å²) in [6.45, 7) is 2.22. The number of nitrogens with zero attached hydrogens (tertiary/aromatic N) is 3. The van der Waals surface area contributed by atoms with E-state index in [0.717, 1.165) is 11.3 Å². The zero-order valence-corrected chi connectivity index (χ0v) is 14.3. The van der Waals surface area contributed by atoms with Crippen LogP contribution in [0.5, 0.6) is 0 Å². The van der Waals surface area contributed by atoms with Crippen LogP contribution in [0.4, 0.5) is 0 Å². The summed E-state index contributed by atoms with van der Waals surface area (Å²) in [7, 11) is 0. The van der Waals surface area contributed by atoms with Crippen molar-refractivity contribution in [3.63, 3.8) is 0 Å². The van der Waals surface area contributed by atoms with Gasteiger partial charge in [-0.3, -0.25) is 9.59 Å². The van der Waals surface area contributed by atoms with Gasteiger partial charge in [0.2, 0.25) is 11.8 Å². The maximum absolute atomic E-state index is 12.4. The van der Waals surface area contributed by atoms with Gasteiger partial charge in [-0.1, -0.05) is 25.1 Å². The molecule has 0 aliphatic carbocycles. The highest BCUT2D eigenvalue weighted by molar-refractivity contribution is 7.99. The number of para-hydroxylation sites is 1. The van der Waals surface area contributed by atoms with E-state index in [1.54, 1.807) is 27.5 Å². The van der Waals surface area contributed by atoms with Gasteiger partial charge in [-0.2, -0.15) is 5.10 Å². The molecule has 3 rings (SSSR count). The average Bonchev–Trinajstić information content (AvgIpc) is 3.29. The maximum Gasteiger partial charge on any atom is 0.243 e. The lowest BCUT2D eigenvalue weighted by molar-refractivity contribution is -0.137. The van der Waals surface area contributed by atoms with Crippen LogP contribution in [0.15, 0.2) is 42.7 Å². The molecule has 1 N–H and O–H groups in total. The molecule has 1 aromatic carbocycles. The van der Waals surface area contributed by atoms with Crippen molar-refractivity contribution in [1.29, 1.82) is 0 Å². The summed E-state index contributed by atoms with van der Waals surface area (Å²) >= 11 is 1.61. The van der Waals surface area contributed by atoms with Crippen molar-refractivity contribution >= 4 is 23.6 Å². The smallest absolute Gasteiger partial charge is 0.243 e. The molecule has 1 fully saturated rings. The van der Waals surface area contributed by atoms with Crippen molar-refractivity contribution in [3.05, 3.63) is 48.3 Å². The Labute approximate surface area is 145 Å². The van der Waals surface area contributed by atoms with E-state index in [2.05, 4.69) is 10.4 Å². The Kier molecular flexibility index (Phi) is 5.20. The van der Waals surface area contributed by atoms with Crippen molar-refractivity contribution in [3.8, 4) is 5.69 Å². The Bertz CT molecular complexity index is 716. The number of thioether (sulfide) groups is 1. The molecular weight excluding hydrogens is 324 g/mol. The number of amides is 2. The molecule has 24 heavy (non-hydrogen) atoms. The Balaban J connectivity index is 1.59. The molecular formula is C17H20N4O2S. The molecule has 2 amide bonds. The van der Waals surface area contributed by atoms with Crippen molar-refractivity contribution in [2.75, 3.05) is 11.6 Å². The van der Waals surface area contributed by atoms with Crippen LogP contribution >= 0.6 is 11.8 Å². The van der Waals surface area contributed by atoms with E-state index >= 15 is 0 Å². The third kappa shape index (κ3) is 3.62. The molecule has 7 heteroatoms.